The molecule has 2 rings (SSSR count). The van der Waals surface area contributed by atoms with Gasteiger partial charge in [-0.25, -0.2) is 0 Å². The van der Waals surface area contributed by atoms with Gasteiger partial charge in [0.1, 0.15) is 0 Å². The lowest BCUT2D eigenvalue weighted by atomic mass is 9.85. The van der Waals surface area contributed by atoms with Gasteiger partial charge in [-0.1, -0.05) is 6.92 Å². The summed E-state index contributed by atoms with van der Waals surface area (Å²) < 4.78 is 0. The van der Waals surface area contributed by atoms with Crippen molar-refractivity contribution in [1.29, 1.82) is 0 Å². The molecule has 3 heteroatoms. The van der Waals surface area contributed by atoms with E-state index in [0.717, 1.165) is 32.6 Å². The standard InChI is InChI=1S/C11H22N2O/c1-4-13-6-10(14)5-11(13)7-12(8-11)9(2)3/h9-10,14H,4-8H2,1-3H3. The van der Waals surface area contributed by atoms with Gasteiger partial charge in [-0.05, 0) is 26.8 Å². The van der Waals surface area contributed by atoms with Gasteiger partial charge in [0, 0.05) is 31.2 Å². The van der Waals surface area contributed by atoms with E-state index in [2.05, 4.69) is 30.6 Å². The molecule has 1 unspecified atom stereocenters. The van der Waals surface area contributed by atoms with Crippen LogP contribution < -0.4 is 0 Å². The van der Waals surface area contributed by atoms with Crippen LogP contribution in [0.4, 0.5) is 0 Å². The minimum absolute atomic E-state index is 0.0933. The van der Waals surface area contributed by atoms with Crippen molar-refractivity contribution in [2.75, 3.05) is 26.2 Å². The minimum Gasteiger partial charge on any atom is -0.392 e. The minimum atomic E-state index is -0.0933. The summed E-state index contributed by atoms with van der Waals surface area (Å²) in [6.45, 7) is 10.9. The van der Waals surface area contributed by atoms with Crippen LogP contribution in [0, 0.1) is 0 Å². The molecule has 0 aromatic rings. The van der Waals surface area contributed by atoms with Gasteiger partial charge in [-0.2, -0.15) is 0 Å². The van der Waals surface area contributed by atoms with Crippen molar-refractivity contribution in [2.24, 2.45) is 0 Å². The molecule has 2 heterocycles. The molecule has 1 N–H and O–H groups in total. The lowest BCUT2D eigenvalue weighted by Gasteiger charge is -2.54. The Hall–Kier alpha value is -0.120. The summed E-state index contributed by atoms with van der Waals surface area (Å²) in [7, 11) is 0. The molecule has 82 valence electrons. The highest BCUT2D eigenvalue weighted by atomic mass is 16.3. The van der Waals surface area contributed by atoms with Crippen molar-refractivity contribution in [3.63, 3.8) is 0 Å². The van der Waals surface area contributed by atoms with Gasteiger partial charge in [0.25, 0.3) is 0 Å². The third kappa shape index (κ3) is 1.47. The molecule has 2 saturated heterocycles. The molecule has 0 saturated carbocycles. The largest absolute Gasteiger partial charge is 0.392 e. The Bertz CT molecular complexity index is 211. The van der Waals surface area contributed by atoms with Crippen molar-refractivity contribution >= 4 is 0 Å². The number of likely N-dealkylation sites (tertiary alicyclic amines) is 2. The molecule has 2 aliphatic heterocycles. The normalized spacial score (nSPS) is 32.8. The average Bonchev–Trinajstić information content (AvgIpc) is 2.38. The fraction of sp³-hybridized carbons (Fsp3) is 1.00. The van der Waals surface area contributed by atoms with Crippen LogP contribution in [-0.2, 0) is 0 Å². The smallest absolute Gasteiger partial charge is 0.0686 e. The van der Waals surface area contributed by atoms with Crippen molar-refractivity contribution in [3.8, 4) is 0 Å². The van der Waals surface area contributed by atoms with E-state index in [1.807, 2.05) is 0 Å². The lowest BCUT2D eigenvalue weighted by molar-refractivity contribution is -0.0444. The molecule has 2 aliphatic rings. The van der Waals surface area contributed by atoms with Gasteiger partial charge in [0.05, 0.1) is 6.10 Å². The predicted octanol–water partition coefficient (Wildman–Crippen LogP) is 0.536. The van der Waals surface area contributed by atoms with E-state index in [9.17, 15) is 5.11 Å². The number of hydrogen-bond donors (Lipinski definition) is 1. The van der Waals surface area contributed by atoms with Gasteiger partial charge in [-0.15, -0.1) is 0 Å². The lowest BCUT2D eigenvalue weighted by Crippen LogP contribution is -2.69. The third-order valence-electron chi connectivity index (χ3n) is 3.82. The highest BCUT2D eigenvalue weighted by Gasteiger charge is 2.52. The van der Waals surface area contributed by atoms with E-state index in [1.165, 1.54) is 0 Å². The van der Waals surface area contributed by atoms with E-state index < -0.39 is 0 Å². The Morgan fingerprint density at radius 3 is 2.57 bits per heavy atom. The van der Waals surface area contributed by atoms with Crippen LogP contribution in [-0.4, -0.2) is 58.8 Å². The molecule has 2 fully saturated rings. The number of aliphatic hydroxyl groups excluding tert-OH is 1. The summed E-state index contributed by atoms with van der Waals surface area (Å²) in [6, 6.07) is 0.650. The third-order valence-corrected chi connectivity index (χ3v) is 3.82. The zero-order valence-electron chi connectivity index (χ0n) is 9.53. The van der Waals surface area contributed by atoms with Crippen LogP contribution >= 0.6 is 0 Å². The molecule has 0 aromatic carbocycles. The van der Waals surface area contributed by atoms with Crippen LogP contribution in [0.1, 0.15) is 27.2 Å². The number of nitrogens with zero attached hydrogens (tertiary/aromatic N) is 2. The second kappa shape index (κ2) is 3.47. The zero-order chi connectivity index (χ0) is 10.3. The van der Waals surface area contributed by atoms with Gasteiger partial charge in [0.2, 0.25) is 0 Å². The SMILES string of the molecule is CCN1CC(O)CC12CN(C(C)C)C2. The zero-order valence-corrected chi connectivity index (χ0v) is 9.53. The van der Waals surface area contributed by atoms with E-state index in [-0.39, 0.29) is 6.10 Å². The Morgan fingerprint density at radius 2 is 2.07 bits per heavy atom. The first-order valence-corrected chi connectivity index (χ1v) is 5.74. The average molecular weight is 198 g/mol. The molecule has 0 amide bonds. The summed E-state index contributed by atoms with van der Waals surface area (Å²) in [5.74, 6) is 0. The van der Waals surface area contributed by atoms with Gasteiger partial charge in [0.15, 0.2) is 0 Å². The van der Waals surface area contributed by atoms with Crippen molar-refractivity contribution in [2.45, 2.75) is 44.9 Å². The van der Waals surface area contributed by atoms with Gasteiger partial charge in [-0.3, -0.25) is 9.80 Å². The van der Waals surface area contributed by atoms with Crippen molar-refractivity contribution in [3.05, 3.63) is 0 Å². The maximum atomic E-state index is 9.70. The maximum Gasteiger partial charge on any atom is 0.0686 e. The summed E-state index contributed by atoms with van der Waals surface area (Å²) in [5, 5.41) is 9.70. The number of β-amino-alcohol motifs (C(OH)–C–C–N with tert-alkyl or cyclic N) is 1. The molecular formula is C11H22N2O. The van der Waals surface area contributed by atoms with Crippen LogP contribution in [0.5, 0.6) is 0 Å². The molecule has 1 atom stereocenters. The number of aliphatic hydroxyl groups is 1. The predicted molar refractivity (Wildman–Crippen MR) is 57.3 cm³/mol. The molecular weight excluding hydrogens is 176 g/mol. The topological polar surface area (TPSA) is 26.7 Å². The van der Waals surface area contributed by atoms with Crippen LogP contribution in [0.2, 0.25) is 0 Å². The maximum absolute atomic E-state index is 9.70. The summed E-state index contributed by atoms with van der Waals surface area (Å²) >= 11 is 0. The highest BCUT2D eigenvalue weighted by Crippen LogP contribution is 2.38. The van der Waals surface area contributed by atoms with Crippen LogP contribution in [0.3, 0.4) is 0 Å². The quantitative estimate of drug-likeness (QED) is 0.701. The first kappa shape index (κ1) is 10.4. The molecule has 14 heavy (non-hydrogen) atoms. The molecule has 0 radical (unpaired) electrons. The van der Waals surface area contributed by atoms with E-state index >= 15 is 0 Å². The number of hydrogen-bond acceptors (Lipinski definition) is 3. The molecule has 0 aromatic heterocycles. The van der Waals surface area contributed by atoms with E-state index in [0.29, 0.717) is 11.6 Å². The van der Waals surface area contributed by atoms with Crippen LogP contribution in [0.25, 0.3) is 0 Å². The fourth-order valence-corrected chi connectivity index (χ4v) is 2.95. The van der Waals surface area contributed by atoms with E-state index in [1.54, 1.807) is 0 Å². The first-order valence-electron chi connectivity index (χ1n) is 5.74. The Balaban J connectivity index is 1.98. The van der Waals surface area contributed by atoms with E-state index in [4.69, 9.17) is 0 Å². The number of likely N-dealkylation sites (N-methyl/N-ethyl adjacent to an activating group) is 1. The second-order valence-electron chi connectivity index (χ2n) is 5.12. The van der Waals surface area contributed by atoms with Crippen molar-refractivity contribution < 1.29 is 5.11 Å². The summed E-state index contributed by atoms with van der Waals surface area (Å²) in [4.78, 5) is 4.94. The Kier molecular flexibility index (Phi) is 2.58. The van der Waals surface area contributed by atoms with Gasteiger partial charge >= 0.3 is 0 Å². The van der Waals surface area contributed by atoms with Crippen molar-refractivity contribution in [1.82, 2.24) is 9.80 Å². The Morgan fingerprint density at radius 1 is 1.43 bits per heavy atom. The molecule has 3 nitrogen and oxygen atoms in total. The van der Waals surface area contributed by atoms with Gasteiger partial charge < -0.3 is 5.11 Å². The fourth-order valence-electron chi connectivity index (χ4n) is 2.95. The number of rotatable bonds is 2. The Labute approximate surface area is 86.7 Å². The second-order valence-corrected chi connectivity index (χ2v) is 5.12. The molecule has 0 aliphatic carbocycles. The molecule has 0 bridgehead atoms. The monoisotopic (exact) mass is 198 g/mol. The molecule has 1 spiro atoms. The first-order chi connectivity index (χ1) is 6.57. The highest BCUT2D eigenvalue weighted by molar-refractivity contribution is 5.10. The van der Waals surface area contributed by atoms with Crippen LogP contribution in [0.15, 0.2) is 0 Å². The summed E-state index contributed by atoms with van der Waals surface area (Å²) in [6.07, 6.45) is 0.883. The summed E-state index contributed by atoms with van der Waals surface area (Å²) in [5.41, 5.74) is 0.318.